The van der Waals surface area contributed by atoms with Crippen LogP contribution in [-0.4, -0.2) is 17.0 Å². The first-order chi connectivity index (χ1) is 9.25. The van der Waals surface area contributed by atoms with Gasteiger partial charge in [-0.2, -0.15) is 13.2 Å². The fraction of sp³-hybridized carbons (Fsp3) is 0.231. The number of carboxylic acids is 1. The Labute approximate surface area is 112 Å². The predicted molar refractivity (Wildman–Crippen MR) is 66.5 cm³/mol. The lowest BCUT2D eigenvalue weighted by Gasteiger charge is -2.12. The molecule has 0 unspecified atom stereocenters. The van der Waals surface area contributed by atoms with E-state index in [1.54, 1.807) is 0 Å². The van der Waals surface area contributed by atoms with E-state index in [-0.39, 0.29) is 12.1 Å². The van der Waals surface area contributed by atoms with Gasteiger partial charge in [0.15, 0.2) is 0 Å². The SMILES string of the molecule is C=CCCC(=O)Nc1ccc(C(F)(F)F)cc1C(=O)O. The molecule has 7 heteroatoms. The molecule has 20 heavy (non-hydrogen) atoms. The summed E-state index contributed by atoms with van der Waals surface area (Å²) in [6.45, 7) is 3.42. The molecule has 1 amide bonds. The molecule has 0 fully saturated rings. The number of benzene rings is 1. The van der Waals surface area contributed by atoms with Crippen molar-refractivity contribution in [3.8, 4) is 0 Å². The predicted octanol–water partition coefficient (Wildman–Crippen LogP) is 3.31. The number of hydrogen-bond acceptors (Lipinski definition) is 2. The van der Waals surface area contributed by atoms with Crippen molar-refractivity contribution in [1.82, 2.24) is 0 Å². The molecule has 0 atom stereocenters. The largest absolute Gasteiger partial charge is 0.478 e. The Morgan fingerprint density at radius 2 is 2.00 bits per heavy atom. The zero-order chi connectivity index (χ0) is 15.3. The van der Waals surface area contributed by atoms with E-state index in [9.17, 15) is 22.8 Å². The third-order valence-corrected chi connectivity index (χ3v) is 2.43. The Kier molecular flexibility index (Phi) is 4.90. The van der Waals surface area contributed by atoms with Crippen molar-refractivity contribution in [2.24, 2.45) is 0 Å². The van der Waals surface area contributed by atoms with Gasteiger partial charge < -0.3 is 10.4 Å². The number of allylic oxidation sites excluding steroid dienone is 1. The summed E-state index contributed by atoms with van der Waals surface area (Å²) >= 11 is 0. The molecule has 1 rings (SSSR count). The van der Waals surface area contributed by atoms with E-state index in [0.29, 0.717) is 12.5 Å². The van der Waals surface area contributed by atoms with Crippen LogP contribution >= 0.6 is 0 Å². The van der Waals surface area contributed by atoms with Crippen LogP contribution in [0.4, 0.5) is 18.9 Å². The minimum absolute atomic E-state index is 0.0730. The number of amides is 1. The number of hydrogen-bond donors (Lipinski definition) is 2. The summed E-state index contributed by atoms with van der Waals surface area (Å²) in [6, 6.07) is 2.14. The molecule has 2 N–H and O–H groups in total. The minimum Gasteiger partial charge on any atom is -0.478 e. The highest BCUT2D eigenvalue weighted by Crippen LogP contribution is 2.31. The minimum atomic E-state index is -4.64. The molecule has 1 aromatic carbocycles. The quantitative estimate of drug-likeness (QED) is 0.816. The van der Waals surface area contributed by atoms with Gasteiger partial charge in [0, 0.05) is 6.42 Å². The van der Waals surface area contributed by atoms with Crippen LogP contribution in [0.5, 0.6) is 0 Å². The Balaban J connectivity index is 3.05. The summed E-state index contributed by atoms with van der Waals surface area (Å²) in [5.74, 6) is -2.04. The molecule has 0 bridgehead atoms. The summed E-state index contributed by atoms with van der Waals surface area (Å²) in [5.41, 5.74) is -1.86. The maximum absolute atomic E-state index is 12.5. The lowest BCUT2D eigenvalue weighted by Crippen LogP contribution is -2.15. The van der Waals surface area contributed by atoms with Gasteiger partial charge in [-0.1, -0.05) is 6.08 Å². The lowest BCUT2D eigenvalue weighted by molar-refractivity contribution is -0.137. The first kappa shape index (κ1) is 15.7. The van der Waals surface area contributed by atoms with Crippen molar-refractivity contribution in [1.29, 1.82) is 0 Å². The molecule has 0 aromatic heterocycles. The maximum Gasteiger partial charge on any atom is 0.416 e. The Morgan fingerprint density at radius 1 is 1.35 bits per heavy atom. The second-order valence-corrected chi connectivity index (χ2v) is 3.94. The zero-order valence-corrected chi connectivity index (χ0v) is 10.3. The monoisotopic (exact) mass is 287 g/mol. The van der Waals surface area contributed by atoms with E-state index >= 15 is 0 Å². The van der Waals surface area contributed by atoms with Crippen molar-refractivity contribution in [3.05, 3.63) is 42.0 Å². The Bertz CT molecular complexity index is 538. The molecule has 0 saturated carbocycles. The highest BCUT2D eigenvalue weighted by molar-refractivity contribution is 6.00. The molecule has 1 aromatic rings. The van der Waals surface area contributed by atoms with Gasteiger partial charge in [-0.15, -0.1) is 6.58 Å². The summed E-state index contributed by atoms with van der Waals surface area (Å²) in [5, 5.41) is 11.2. The fourth-order valence-electron chi connectivity index (χ4n) is 1.45. The van der Waals surface area contributed by atoms with Gasteiger partial charge in [0.2, 0.25) is 5.91 Å². The summed E-state index contributed by atoms with van der Waals surface area (Å²) < 4.78 is 37.5. The average molecular weight is 287 g/mol. The van der Waals surface area contributed by atoms with Gasteiger partial charge in [-0.25, -0.2) is 4.79 Å². The Hall–Kier alpha value is -2.31. The van der Waals surface area contributed by atoms with Crippen LogP contribution in [0.1, 0.15) is 28.8 Å². The van der Waals surface area contributed by atoms with E-state index in [0.717, 1.165) is 12.1 Å². The number of anilines is 1. The highest BCUT2D eigenvalue weighted by Gasteiger charge is 2.31. The molecule has 4 nitrogen and oxygen atoms in total. The topological polar surface area (TPSA) is 66.4 Å². The molecular weight excluding hydrogens is 275 g/mol. The highest BCUT2D eigenvalue weighted by atomic mass is 19.4. The van der Waals surface area contributed by atoms with Gasteiger partial charge in [0.05, 0.1) is 16.8 Å². The van der Waals surface area contributed by atoms with Crippen molar-refractivity contribution >= 4 is 17.6 Å². The molecule has 0 spiro atoms. The van der Waals surface area contributed by atoms with Crippen LogP contribution in [0.25, 0.3) is 0 Å². The van der Waals surface area contributed by atoms with E-state index in [1.165, 1.54) is 6.08 Å². The number of aromatic carboxylic acids is 1. The number of nitrogens with one attached hydrogen (secondary N) is 1. The maximum atomic E-state index is 12.5. The van der Waals surface area contributed by atoms with Crippen LogP contribution in [-0.2, 0) is 11.0 Å². The molecule has 0 saturated heterocycles. The van der Waals surface area contributed by atoms with Gasteiger partial charge in [0.25, 0.3) is 0 Å². The summed E-state index contributed by atoms with van der Waals surface area (Å²) in [7, 11) is 0. The van der Waals surface area contributed by atoms with Crippen molar-refractivity contribution in [3.63, 3.8) is 0 Å². The number of halogens is 3. The van der Waals surface area contributed by atoms with Crippen LogP contribution in [0.3, 0.4) is 0 Å². The average Bonchev–Trinajstić information content (AvgIpc) is 2.35. The number of carboxylic acid groups (broad SMARTS) is 1. The smallest absolute Gasteiger partial charge is 0.416 e. The lowest BCUT2D eigenvalue weighted by atomic mass is 10.1. The summed E-state index contributed by atoms with van der Waals surface area (Å²) in [4.78, 5) is 22.4. The molecule has 0 aliphatic rings. The van der Waals surface area contributed by atoms with Crippen LogP contribution in [0.2, 0.25) is 0 Å². The van der Waals surface area contributed by atoms with Gasteiger partial charge in [-0.3, -0.25) is 4.79 Å². The van der Waals surface area contributed by atoms with E-state index in [2.05, 4.69) is 11.9 Å². The number of carbonyl (C=O) groups is 2. The number of alkyl halides is 3. The van der Waals surface area contributed by atoms with Crippen molar-refractivity contribution in [2.75, 3.05) is 5.32 Å². The van der Waals surface area contributed by atoms with Gasteiger partial charge in [-0.05, 0) is 24.6 Å². The van der Waals surface area contributed by atoms with Crippen molar-refractivity contribution < 1.29 is 27.9 Å². The normalized spacial score (nSPS) is 10.9. The van der Waals surface area contributed by atoms with E-state index in [4.69, 9.17) is 5.11 Å². The standard InChI is InChI=1S/C13H12F3NO3/c1-2-3-4-11(18)17-10-6-5-8(13(14,15)16)7-9(10)12(19)20/h2,5-7H,1,3-4H2,(H,17,18)(H,19,20). The third kappa shape index (κ3) is 4.11. The Morgan fingerprint density at radius 3 is 2.50 bits per heavy atom. The number of rotatable bonds is 5. The third-order valence-electron chi connectivity index (χ3n) is 2.43. The van der Waals surface area contributed by atoms with Gasteiger partial charge >= 0.3 is 12.1 Å². The molecule has 0 aliphatic heterocycles. The number of carbonyl (C=O) groups excluding carboxylic acids is 1. The van der Waals surface area contributed by atoms with Crippen LogP contribution in [0, 0.1) is 0 Å². The van der Waals surface area contributed by atoms with Crippen LogP contribution in [0.15, 0.2) is 30.9 Å². The summed E-state index contributed by atoms with van der Waals surface area (Å²) in [6.07, 6.45) is -2.68. The van der Waals surface area contributed by atoms with Crippen LogP contribution < -0.4 is 5.32 Å². The van der Waals surface area contributed by atoms with E-state index < -0.39 is 29.2 Å². The fourth-order valence-corrected chi connectivity index (χ4v) is 1.45. The molecule has 0 heterocycles. The molecule has 108 valence electrons. The molecular formula is C13H12F3NO3. The van der Waals surface area contributed by atoms with E-state index in [1.807, 2.05) is 0 Å². The zero-order valence-electron chi connectivity index (χ0n) is 10.3. The van der Waals surface area contributed by atoms with Gasteiger partial charge in [0.1, 0.15) is 0 Å². The molecule has 0 aliphatic carbocycles. The molecule has 0 radical (unpaired) electrons. The first-order valence-corrected chi connectivity index (χ1v) is 5.61. The first-order valence-electron chi connectivity index (χ1n) is 5.61. The second-order valence-electron chi connectivity index (χ2n) is 3.94. The second kappa shape index (κ2) is 6.23. The van der Waals surface area contributed by atoms with Crippen molar-refractivity contribution in [2.45, 2.75) is 19.0 Å².